The van der Waals surface area contributed by atoms with Gasteiger partial charge in [0.15, 0.2) is 16.6 Å². The normalized spacial score (nSPS) is 14.5. The van der Waals surface area contributed by atoms with E-state index < -0.39 is 0 Å². The number of methoxy groups -OCH3 is 3. The van der Waals surface area contributed by atoms with E-state index in [4.69, 9.17) is 35.6 Å². The summed E-state index contributed by atoms with van der Waals surface area (Å²) in [5.41, 5.74) is 3.96. The third kappa shape index (κ3) is 5.49. The maximum absolute atomic E-state index is 11.9. The Balaban J connectivity index is 1.47. The van der Waals surface area contributed by atoms with Crippen LogP contribution in [0.25, 0.3) is 11.0 Å². The van der Waals surface area contributed by atoms with Crippen molar-refractivity contribution in [3.8, 4) is 23.0 Å². The van der Waals surface area contributed by atoms with Gasteiger partial charge in [-0.2, -0.15) is 0 Å². The Bertz CT molecular complexity index is 1580. The lowest BCUT2D eigenvalue weighted by molar-refractivity contribution is 0.190. The summed E-state index contributed by atoms with van der Waals surface area (Å²) in [5.74, 6) is 2.65. The van der Waals surface area contributed by atoms with E-state index in [0.717, 1.165) is 39.9 Å². The van der Waals surface area contributed by atoms with Crippen molar-refractivity contribution in [2.75, 3.05) is 39.8 Å². The van der Waals surface area contributed by atoms with Gasteiger partial charge in [0.05, 0.1) is 27.4 Å². The smallest absolute Gasteiger partial charge is 0.336 e. The lowest BCUT2D eigenvalue weighted by Gasteiger charge is -2.39. The van der Waals surface area contributed by atoms with E-state index in [9.17, 15) is 4.79 Å². The van der Waals surface area contributed by atoms with Gasteiger partial charge in [0.1, 0.15) is 23.7 Å². The summed E-state index contributed by atoms with van der Waals surface area (Å²) >= 11 is 5.89. The number of thiocarbonyl (C=S) groups is 1. The lowest BCUT2D eigenvalue weighted by atomic mass is 9.92. The Hall–Kier alpha value is -4.24. The molecule has 0 saturated heterocycles. The van der Waals surface area contributed by atoms with Crippen molar-refractivity contribution in [3.05, 3.63) is 87.8 Å². The van der Waals surface area contributed by atoms with Gasteiger partial charge < -0.3 is 33.6 Å². The van der Waals surface area contributed by atoms with Crippen LogP contribution < -0.4 is 29.9 Å². The van der Waals surface area contributed by atoms with Crippen molar-refractivity contribution in [2.24, 2.45) is 0 Å². The Labute approximate surface area is 232 Å². The summed E-state index contributed by atoms with van der Waals surface area (Å²) in [6, 6.07) is 18.4. The SMILES string of the molecule is COc1cccc(NC(=S)N2CCc3cc(OC)c(OC)cc3[C@H]2COc2ccc3c(C)cc(=O)oc3c2)c1. The fraction of sp³-hybridized carbons (Fsp3) is 0.267. The number of ether oxygens (including phenoxy) is 4. The summed E-state index contributed by atoms with van der Waals surface area (Å²) in [7, 11) is 4.89. The Morgan fingerprint density at radius 1 is 1.00 bits per heavy atom. The van der Waals surface area contributed by atoms with Crippen LogP contribution in [0.1, 0.15) is 22.7 Å². The molecule has 0 radical (unpaired) electrons. The second-order valence-electron chi connectivity index (χ2n) is 9.24. The number of fused-ring (bicyclic) bond motifs is 2. The molecule has 0 fully saturated rings. The molecule has 0 saturated carbocycles. The fourth-order valence-corrected chi connectivity index (χ4v) is 5.25. The highest BCUT2D eigenvalue weighted by atomic mass is 32.1. The molecule has 4 aromatic rings. The van der Waals surface area contributed by atoms with Crippen LogP contribution in [0.2, 0.25) is 0 Å². The number of nitrogens with one attached hydrogen (secondary N) is 1. The molecule has 0 amide bonds. The zero-order chi connectivity index (χ0) is 27.5. The molecule has 1 aliphatic rings. The molecule has 39 heavy (non-hydrogen) atoms. The van der Waals surface area contributed by atoms with E-state index in [2.05, 4.69) is 10.2 Å². The van der Waals surface area contributed by atoms with Crippen molar-refractivity contribution >= 4 is 34.0 Å². The van der Waals surface area contributed by atoms with Crippen LogP contribution in [0, 0.1) is 6.92 Å². The monoisotopic (exact) mass is 546 g/mol. The van der Waals surface area contributed by atoms with Crippen LogP contribution in [0.15, 0.2) is 69.9 Å². The van der Waals surface area contributed by atoms with Crippen LogP contribution in [-0.2, 0) is 6.42 Å². The first-order chi connectivity index (χ1) is 18.9. The molecule has 0 bridgehead atoms. The zero-order valence-corrected chi connectivity index (χ0v) is 23.1. The lowest BCUT2D eigenvalue weighted by Crippen LogP contribution is -2.44. The molecule has 5 rings (SSSR count). The van der Waals surface area contributed by atoms with Crippen molar-refractivity contribution in [2.45, 2.75) is 19.4 Å². The third-order valence-electron chi connectivity index (χ3n) is 6.92. The van der Waals surface area contributed by atoms with Gasteiger partial charge in [0.25, 0.3) is 0 Å². The summed E-state index contributed by atoms with van der Waals surface area (Å²) < 4.78 is 28.2. The maximum Gasteiger partial charge on any atom is 0.336 e. The minimum absolute atomic E-state index is 0.223. The molecular formula is C30H30N2O6S. The number of hydrogen-bond donors (Lipinski definition) is 1. The van der Waals surface area contributed by atoms with Crippen LogP contribution in [0.5, 0.6) is 23.0 Å². The predicted molar refractivity (Wildman–Crippen MR) is 155 cm³/mol. The molecule has 0 spiro atoms. The Morgan fingerprint density at radius 2 is 1.79 bits per heavy atom. The minimum atomic E-state index is -0.389. The average Bonchev–Trinajstić information content (AvgIpc) is 2.94. The molecule has 2 heterocycles. The van der Waals surface area contributed by atoms with Crippen molar-refractivity contribution < 1.29 is 23.4 Å². The first kappa shape index (κ1) is 26.4. The Kier molecular flexibility index (Phi) is 7.60. The van der Waals surface area contributed by atoms with E-state index in [1.807, 2.05) is 55.5 Å². The Morgan fingerprint density at radius 3 is 2.56 bits per heavy atom. The highest BCUT2D eigenvalue weighted by Crippen LogP contribution is 2.39. The summed E-state index contributed by atoms with van der Waals surface area (Å²) in [4.78, 5) is 14.0. The van der Waals surface area contributed by atoms with Crippen molar-refractivity contribution in [1.29, 1.82) is 0 Å². The van der Waals surface area contributed by atoms with Gasteiger partial charge >= 0.3 is 5.63 Å². The van der Waals surface area contributed by atoms with Crippen LogP contribution >= 0.6 is 12.2 Å². The van der Waals surface area contributed by atoms with Crippen molar-refractivity contribution in [3.63, 3.8) is 0 Å². The molecule has 1 aliphatic heterocycles. The van der Waals surface area contributed by atoms with Gasteiger partial charge in [-0.25, -0.2) is 4.79 Å². The largest absolute Gasteiger partial charge is 0.497 e. The van der Waals surface area contributed by atoms with Gasteiger partial charge in [-0.05, 0) is 78.7 Å². The minimum Gasteiger partial charge on any atom is -0.497 e. The summed E-state index contributed by atoms with van der Waals surface area (Å²) in [5, 5.41) is 4.78. The highest BCUT2D eigenvalue weighted by Gasteiger charge is 2.31. The summed E-state index contributed by atoms with van der Waals surface area (Å²) in [6.45, 7) is 2.86. The molecule has 1 N–H and O–H groups in total. The van der Waals surface area contributed by atoms with Gasteiger partial charge in [-0.15, -0.1) is 0 Å². The van der Waals surface area contributed by atoms with E-state index in [1.165, 1.54) is 6.07 Å². The molecule has 1 aromatic heterocycles. The van der Waals surface area contributed by atoms with Crippen molar-refractivity contribution in [1.82, 2.24) is 4.90 Å². The highest BCUT2D eigenvalue weighted by molar-refractivity contribution is 7.80. The molecule has 202 valence electrons. The number of aryl methyl sites for hydroxylation is 1. The number of rotatable bonds is 7. The molecule has 0 unspecified atom stereocenters. The second-order valence-corrected chi connectivity index (χ2v) is 9.63. The predicted octanol–water partition coefficient (Wildman–Crippen LogP) is 5.50. The van der Waals surface area contributed by atoms with Crippen LogP contribution in [0.4, 0.5) is 5.69 Å². The van der Waals surface area contributed by atoms with Gasteiger partial charge in [-0.3, -0.25) is 0 Å². The van der Waals surface area contributed by atoms with Gasteiger partial charge in [-0.1, -0.05) is 6.07 Å². The van der Waals surface area contributed by atoms with E-state index >= 15 is 0 Å². The fourth-order valence-electron chi connectivity index (χ4n) is 4.92. The quantitative estimate of drug-likeness (QED) is 0.239. The van der Waals surface area contributed by atoms with E-state index in [0.29, 0.717) is 41.1 Å². The third-order valence-corrected chi connectivity index (χ3v) is 7.25. The average molecular weight is 547 g/mol. The molecule has 0 aliphatic carbocycles. The number of nitrogens with zero attached hydrogens (tertiary/aromatic N) is 1. The standard InChI is InChI=1S/C30H30N2O6S/c1-18-12-29(33)38-26-15-22(8-9-23(18)26)37-17-25-24-16-28(36-4)27(35-3)13-19(24)10-11-32(25)30(39)31-20-6-5-7-21(14-20)34-2/h5-9,12-16,25H,10-11,17H2,1-4H3,(H,31,39)/t25-/m1/s1. The number of benzene rings is 3. The van der Waals surface area contributed by atoms with E-state index in [1.54, 1.807) is 27.4 Å². The second kappa shape index (κ2) is 11.2. The van der Waals surface area contributed by atoms with Crippen LogP contribution in [0.3, 0.4) is 0 Å². The molecule has 8 nitrogen and oxygen atoms in total. The molecule has 9 heteroatoms. The van der Waals surface area contributed by atoms with E-state index in [-0.39, 0.29) is 11.7 Å². The first-order valence-corrected chi connectivity index (χ1v) is 12.9. The van der Waals surface area contributed by atoms with Gasteiger partial charge in [0, 0.05) is 35.8 Å². The molecule has 3 aromatic carbocycles. The number of anilines is 1. The summed E-state index contributed by atoms with van der Waals surface area (Å²) in [6.07, 6.45) is 0.770. The first-order valence-electron chi connectivity index (χ1n) is 12.5. The topological polar surface area (TPSA) is 82.4 Å². The van der Waals surface area contributed by atoms with Crippen LogP contribution in [-0.4, -0.2) is 44.5 Å². The molecular weight excluding hydrogens is 516 g/mol. The number of hydrogen-bond acceptors (Lipinski definition) is 7. The maximum atomic E-state index is 11.9. The molecule has 1 atom stereocenters. The zero-order valence-electron chi connectivity index (χ0n) is 22.3. The van der Waals surface area contributed by atoms with Gasteiger partial charge in [0.2, 0.25) is 0 Å².